The molecule has 0 bridgehead atoms. The number of benzene rings is 1. The smallest absolute Gasteiger partial charge is 0.198 e. The highest BCUT2D eigenvalue weighted by Gasteiger charge is 2.09. The molecule has 0 aliphatic heterocycles. The molecular weight excluding hydrogens is 264 g/mol. The first-order chi connectivity index (χ1) is 10.2. The predicted molar refractivity (Wildman–Crippen MR) is 83.3 cm³/mol. The summed E-state index contributed by atoms with van der Waals surface area (Å²) < 4.78 is 7.84. The Kier molecular flexibility index (Phi) is 3.64. The van der Waals surface area contributed by atoms with Gasteiger partial charge in [0.05, 0.1) is 6.54 Å². The van der Waals surface area contributed by atoms with Crippen molar-refractivity contribution in [3.63, 3.8) is 0 Å². The molecule has 0 saturated carbocycles. The minimum Gasteiger partial charge on any atom is -0.440 e. The fourth-order valence-electron chi connectivity index (χ4n) is 2.28. The van der Waals surface area contributed by atoms with Crippen molar-refractivity contribution >= 4 is 16.8 Å². The first-order valence-corrected chi connectivity index (χ1v) is 7.31. The number of aromatic nitrogens is 3. The minimum absolute atomic E-state index is 0.297. The van der Waals surface area contributed by atoms with Crippen LogP contribution in [-0.4, -0.2) is 14.5 Å². The van der Waals surface area contributed by atoms with Crippen molar-refractivity contribution in [1.29, 1.82) is 0 Å². The van der Waals surface area contributed by atoms with Gasteiger partial charge in [0.15, 0.2) is 11.5 Å². The van der Waals surface area contributed by atoms with E-state index in [0.29, 0.717) is 12.5 Å². The summed E-state index contributed by atoms with van der Waals surface area (Å²) in [6, 6.07) is 5.99. The summed E-state index contributed by atoms with van der Waals surface area (Å²) in [5.41, 5.74) is 2.75. The van der Waals surface area contributed by atoms with Crippen molar-refractivity contribution in [2.24, 2.45) is 0 Å². The number of nitrogens with zero attached hydrogens (tertiary/aromatic N) is 3. The molecule has 0 atom stereocenters. The second-order valence-electron chi connectivity index (χ2n) is 5.37. The van der Waals surface area contributed by atoms with Crippen molar-refractivity contribution in [2.45, 2.75) is 39.8 Å². The summed E-state index contributed by atoms with van der Waals surface area (Å²) in [6.07, 6.45) is 3.82. The Hall–Kier alpha value is -2.30. The van der Waals surface area contributed by atoms with E-state index in [1.54, 1.807) is 0 Å². The van der Waals surface area contributed by atoms with Gasteiger partial charge in [-0.25, -0.2) is 9.97 Å². The van der Waals surface area contributed by atoms with Gasteiger partial charge in [-0.2, -0.15) is 0 Å². The van der Waals surface area contributed by atoms with E-state index in [0.717, 1.165) is 35.0 Å². The van der Waals surface area contributed by atoms with Crippen molar-refractivity contribution in [3.8, 4) is 0 Å². The second kappa shape index (κ2) is 5.60. The van der Waals surface area contributed by atoms with Gasteiger partial charge in [0.25, 0.3) is 0 Å². The second-order valence-corrected chi connectivity index (χ2v) is 5.37. The molecule has 1 N–H and O–H groups in total. The molecule has 0 spiro atoms. The van der Waals surface area contributed by atoms with Crippen molar-refractivity contribution in [2.75, 3.05) is 5.32 Å². The molecule has 21 heavy (non-hydrogen) atoms. The lowest BCUT2D eigenvalue weighted by molar-refractivity contribution is 0.501. The van der Waals surface area contributed by atoms with E-state index in [9.17, 15) is 0 Å². The average molecular weight is 284 g/mol. The van der Waals surface area contributed by atoms with E-state index in [2.05, 4.69) is 40.6 Å². The Morgan fingerprint density at radius 2 is 2.19 bits per heavy atom. The Labute approximate surface area is 124 Å². The summed E-state index contributed by atoms with van der Waals surface area (Å²) in [7, 11) is 0. The number of nitrogens with one attached hydrogen (secondary N) is 1. The van der Waals surface area contributed by atoms with E-state index in [4.69, 9.17) is 4.42 Å². The Bertz CT molecular complexity index is 742. The zero-order valence-corrected chi connectivity index (χ0v) is 12.6. The molecule has 0 aliphatic carbocycles. The normalized spacial score (nSPS) is 11.4. The van der Waals surface area contributed by atoms with Gasteiger partial charge in [-0.05, 0) is 25.1 Å². The summed E-state index contributed by atoms with van der Waals surface area (Å²) in [5, 5.41) is 3.39. The molecule has 3 aromatic rings. The number of oxazole rings is 1. The Morgan fingerprint density at radius 1 is 1.33 bits per heavy atom. The van der Waals surface area contributed by atoms with Crippen LogP contribution in [0.1, 0.15) is 38.4 Å². The number of rotatable bonds is 5. The third-order valence-electron chi connectivity index (χ3n) is 3.49. The number of hydrogen-bond donors (Lipinski definition) is 1. The number of fused-ring (bicyclic) bond motifs is 1. The third kappa shape index (κ3) is 2.77. The maximum Gasteiger partial charge on any atom is 0.198 e. The van der Waals surface area contributed by atoms with E-state index in [1.165, 1.54) is 0 Å². The monoisotopic (exact) mass is 284 g/mol. The van der Waals surface area contributed by atoms with E-state index < -0.39 is 0 Å². The van der Waals surface area contributed by atoms with Crippen LogP contribution in [0.5, 0.6) is 0 Å². The van der Waals surface area contributed by atoms with E-state index >= 15 is 0 Å². The average Bonchev–Trinajstić information content (AvgIpc) is 3.10. The molecule has 0 aliphatic rings. The minimum atomic E-state index is 0.297. The third-order valence-corrected chi connectivity index (χ3v) is 3.49. The van der Waals surface area contributed by atoms with Gasteiger partial charge < -0.3 is 14.3 Å². The molecule has 1 aromatic carbocycles. The molecule has 0 radical (unpaired) electrons. The summed E-state index contributed by atoms with van der Waals surface area (Å²) in [6.45, 7) is 7.89. The van der Waals surface area contributed by atoms with E-state index in [-0.39, 0.29) is 0 Å². The zero-order valence-electron chi connectivity index (χ0n) is 12.6. The van der Waals surface area contributed by atoms with Crippen LogP contribution < -0.4 is 5.32 Å². The lowest BCUT2D eigenvalue weighted by atomic mass is 10.2. The number of imidazole rings is 1. The van der Waals surface area contributed by atoms with Crippen molar-refractivity contribution in [1.82, 2.24) is 14.5 Å². The Morgan fingerprint density at radius 3 is 2.95 bits per heavy atom. The quantitative estimate of drug-likeness (QED) is 0.774. The molecule has 110 valence electrons. The largest absolute Gasteiger partial charge is 0.440 e. The summed E-state index contributed by atoms with van der Waals surface area (Å²) >= 11 is 0. The SMILES string of the molecule is CCn1ccnc1CNc1ccc2oc(C(C)C)nc2c1. The van der Waals surface area contributed by atoms with Gasteiger partial charge in [-0.1, -0.05) is 13.8 Å². The maximum atomic E-state index is 5.72. The van der Waals surface area contributed by atoms with Crippen LogP contribution in [0, 0.1) is 0 Å². The number of aryl methyl sites for hydroxylation is 1. The topological polar surface area (TPSA) is 55.9 Å². The lowest BCUT2D eigenvalue weighted by Gasteiger charge is -2.07. The zero-order chi connectivity index (χ0) is 14.8. The van der Waals surface area contributed by atoms with Crippen molar-refractivity contribution < 1.29 is 4.42 Å². The molecular formula is C16H20N4O. The maximum absolute atomic E-state index is 5.72. The van der Waals surface area contributed by atoms with Gasteiger partial charge in [-0.3, -0.25) is 0 Å². The van der Waals surface area contributed by atoms with Crippen LogP contribution in [0.3, 0.4) is 0 Å². The van der Waals surface area contributed by atoms with Crippen LogP contribution >= 0.6 is 0 Å². The molecule has 0 fully saturated rings. The molecule has 3 rings (SSSR count). The van der Waals surface area contributed by atoms with Crippen LogP contribution in [0.4, 0.5) is 5.69 Å². The molecule has 2 aromatic heterocycles. The van der Waals surface area contributed by atoms with Crippen molar-refractivity contribution in [3.05, 3.63) is 42.3 Å². The highest BCUT2D eigenvalue weighted by atomic mass is 16.3. The first kappa shape index (κ1) is 13.7. The molecule has 5 heteroatoms. The van der Waals surface area contributed by atoms with Crippen LogP contribution in [0.25, 0.3) is 11.1 Å². The highest BCUT2D eigenvalue weighted by molar-refractivity contribution is 5.77. The predicted octanol–water partition coefficient (Wildman–Crippen LogP) is 3.78. The highest BCUT2D eigenvalue weighted by Crippen LogP contribution is 2.23. The summed E-state index contributed by atoms with van der Waals surface area (Å²) in [4.78, 5) is 8.88. The molecule has 0 saturated heterocycles. The van der Waals surface area contributed by atoms with Gasteiger partial charge in [0.1, 0.15) is 11.3 Å². The van der Waals surface area contributed by atoms with Crippen LogP contribution in [0.2, 0.25) is 0 Å². The van der Waals surface area contributed by atoms with Crippen LogP contribution in [0.15, 0.2) is 35.0 Å². The van der Waals surface area contributed by atoms with E-state index in [1.807, 2.05) is 30.6 Å². The van der Waals surface area contributed by atoms with Gasteiger partial charge in [0, 0.05) is 30.5 Å². The lowest BCUT2D eigenvalue weighted by Crippen LogP contribution is -2.07. The fourth-order valence-corrected chi connectivity index (χ4v) is 2.28. The van der Waals surface area contributed by atoms with Gasteiger partial charge in [-0.15, -0.1) is 0 Å². The standard InChI is InChI=1S/C16H20N4O/c1-4-20-8-7-17-15(20)10-18-12-5-6-14-13(9-12)19-16(21-14)11(2)3/h5-9,11,18H,4,10H2,1-3H3. The van der Waals surface area contributed by atoms with Gasteiger partial charge in [0.2, 0.25) is 0 Å². The molecule has 0 unspecified atom stereocenters. The van der Waals surface area contributed by atoms with Crippen LogP contribution in [-0.2, 0) is 13.1 Å². The number of hydrogen-bond acceptors (Lipinski definition) is 4. The molecule has 5 nitrogen and oxygen atoms in total. The molecule has 2 heterocycles. The fraction of sp³-hybridized carbons (Fsp3) is 0.375. The van der Waals surface area contributed by atoms with Gasteiger partial charge >= 0.3 is 0 Å². The summed E-state index contributed by atoms with van der Waals surface area (Å²) in [5.74, 6) is 2.11. The Balaban J connectivity index is 1.78. The first-order valence-electron chi connectivity index (χ1n) is 7.31. The number of anilines is 1. The molecule has 0 amide bonds.